The van der Waals surface area contributed by atoms with E-state index in [1.807, 2.05) is 24.3 Å². The molecule has 0 aliphatic heterocycles. The van der Waals surface area contributed by atoms with Gasteiger partial charge in [-0.1, -0.05) is 29.8 Å². The summed E-state index contributed by atoms with van der Waals surface area (Å²) in [7, 11) is 1.49. The minimum atomic E-state index is -0.0288. The van der Waals surface area contributed by atoms with Crippen LogP contribution in [0, 0.1) is 0 Å². The summed E-state index contributed by atoms with van der Waals surface area (Å²) in [6, 6.07) is 17.9. The van der Waals surface area contributed by atoms with Crippen LogP contribution in [-0.2, 0) is 0 Å². The van der Waals surface area contributed by atoms with Crippen LogP contribution in [0.4, 0.5) is 0 Å². The number of aromatic nitrogens is 2. The van der Waals surface area contributed by atoms with E-state index < -0.39 is 0 Å². The highest BCUT2D eigenvalue weighted by Crippen LogP contribution is 2.38. The van der Waals surface area contributed by atoms with Crippen molar-refractivity contribution in [1.29, 1.82) is 0 Å². The van der Waals surface area contributed by atoms with Gasteiger partial charge in [0.25, 0.3) is 0 Å². The van der Waals surface area contributed by atoms with E-state index in [-0.39, 0.29) is 5.75 Å². The van der Waals surface area contributed by atoms with Crippen molar-refractivity contribution in [1.82, 2.24) is 9.97 Å². The number of halogens is 2. The standard InChI is InChI=1S/C21H14BrClN2O3/c1-27-18-8-4-6-14(19(18)26)20-24-16-7-3-2-5-13(16)21(25-20)28-17-10-9-12(23)11-15(17)22/h2-11,26H,1H3. The topological polar surface area (TPSA) is 64.5 Å². The number of aromatic hydroxyl groups is 1. The van der Waals surface area contributed by atoms with Gasteiger partial charge in [0.2, 0.25) is 5.88 Å². The van der Waals surface area contributed by atoms with Gasteiger partial charge in [-0.25, -0.2) is 4.98 Å². The number of para-hydroxylation sites is 2. The zero-order valence-electron chi connectivity index (χ0n) is 14.7. The molecule has 28 heavy (non-hydrogen) atoms. The Morgan fingerprint density at radius 1 is 0.964 bits per heavy atom. The van der Waals surface area contributed by atoms with Gasteiger partial charge in [0, 0.05) is 5.02 Å². The molecule has 0 radical (unpaired) electrons. The third kappa shape index (κ3) is 3.48. The highest BCUT2D eigenvalue weighted by molar-refractivity contribution is 9.10. The first-order valence-corrected chi connectivity index (χ1v) is 9.50. The van der Waals surface area contributed by atoms with Crippen molar-refractivity contribution in [2.75, 3.05) is 7.11 Å². The number of phenols is 1. The number of phenolic OH excluding ortho intramolecular Hbond substituents is 1. The minimum absolute atomic E-state index is 0.0288. The second-order valence-corrected chi connectivity index (χ2v) is 7.19. The van der Waals surface area contributed by atoms with Gasteiger partial charge < -0.3 is 14.6 Å². The molecule has 140 valence electrons. The maximum atomic E-state index is 10.5. The molecule has 0 bridgehead atoms. The van der Waals surface area contributed by atoms with E-state index in [0.29, 0.717) is 43.8 Å². The molecule has 0 aliphatic carbocycles. The Morgan fingerprint density at radius 3 is 2.57 bits per heavy atom. The first-order valence-electron chi connectivity index (χ1n) is 8.33. The molecule has 1 N–H and O–H groups in total. The fraction of sp³-hybridized carbons (Fsp3) is 0.0476. The molecule has 0 saturated carbocycles. The van der Waals surface area contributed by atoms with Crippen molar-refractivity contribution in [2.24, 2.45) is 0 Å². The lowest BCUT2D eigenvalue weighted by Gasteiger charge is -2.13. The number of benzene rings is 3. The molecule has 4 aromatic rings. The molecule has 0 unspecified atom stereocenters. The van der Waals surface area contributed by atoms with E-state index in [1.54, 1.807) is 36.4 Å². The fourth-order valence-electron chi connectivity index (χ4n) is 2.78. The van der Waals surface area contributed by atoms with Crippen molar-refractivity contribution >= 4 is 38.4 Å². The predicted octanol–water partition coefficient (Wildman–Crippen LogP) is 6.22. The fourth-order valence-corrected chi connectivity index (χ4v) is 3.54. The molecule has 7 heteroatoms. The van der Waals surface area contributed by atoms with Crippen LogP contribution in [0.5, 0.6) is 23.1 Å². The van der Waals surface area contributed by atoms with Gasteiger partial charge in [0.1, 0.15) is 5.75 Å². The highest BCUT2D eigenvalue weighted by Gasteiger charge is 2.16. The normalized spacial score (nSPS) is 10.8. The number of fused-ring (bicyclic) bond motifs is 1. The average Bonchev–Trinajstić information content (AvgIpc) is 2.70. The Morgan fingerprint density at radius 2 is 1.79 bits per heavy atom. The Balaban J connectivity index is 1.89. The zero-order valence-corrected chi connectivity index (χ0v) is 17.0. The van der Waals surface area contributed by atoms with Crippen molar-refractivity contribution in [3.63, 3.8) is 0 Å². The number of methoxy groups -OCH3 is 1. The van der Waals surface area contributed by atoms with Crippen LogP contribution < -0.4 is 9.47 Å². The molecule has 0 saturated heterocycles. The first-order chi connectivity index (χ1) is 13.6. The summed E-state index contributed by atoms with van der Waals surface area (Å²) in [5, 5.41) is 11.8. The summed E-state index contributed by atoms with van der Waals surface area (Å²) in [5.41, 5.74) is 1.14. The molecule has 0 fully saturated rings. The average molecular weight is 458 g/mol. The summed E-state index contributed by atoms with van der Waals surface area (Å²) in [5.74, 6) is 1.58. The van der Waals surface area contributed by atoms with Crippen LogP contribution in [0.25, 0.3) is 22.3 Å². The summed E-state index contributed by atoms with van der Waals surface area (Å²) in [6.07, 6.45) is 0. The first kappa shape index (κ1) is 18.5. The zero-order chi connectivity index (χ0) is 19.7. The smallest absolute Gasteiger partial charge is 0.230 e. The number of rotatable bonds is 4. The van der Waals surface area contributed by atoms with Crippen molar-refractivity contribution < 1.29 is 14.6 Å². The lowest BCUT2D eigenvalue weighted by atomic mass is 10.1. The number of hydrogen-bond donors (Lipinski definition) is 1. The lowest BCUT2D eigenvalue weighted by Crippen LogP contribution is -1.97. The monoisotopic (exact) mass is 456 g/mol. The van der Waals surface area contributed by atoms with Crippen molar-refractivity contribution in [3.05, 3.63) is 70.2 Å². The van der Waals surface area contributed by atoms with E-state index in [2.05, 4.69) is 25.9 Å². The molecular formula is C21H14BrClN2O3. The van der Waals surface area contributed by atoms with Gasteiger partial charge in [-0.15, -0.1) is 0 Å². The van der Waals surface area contributed by atoms with Crippen LogP contribution in [0.15, 0.2) is 65.1 Å². The van der Waals surface area contributed by atoms with Crippen molar-refractivity contribution in [2.45, 2.75) is 0 Å². The summed E-state index contributed by atoms with van der Waals surface area (Å²) < 4.78 is 12.0. The Bertz CT molecular complexity index is 1180. The molecule has 0 amide bonds. The Kier molecular flexibility index (Phi) is 5.07. The molecular weight excluding hydrogens is 444 g/mol. The molecule has 0 atom stereocenters. The van der Waals surface area contributed by atoms with E-state index in [4.69, 9.17) is 21.1 Å². The van der Waals surface area contributed by atoms with Crippen molar-refractivity contribution in [3.8, 4) is 34.5 Å². The predicted molar refractivity (Wildman–Crippen MR) is 112 cm³/mol. The largest absolute Gasteiger partial charge is 0.504 e. The van der Waals surface area contributed by atoms with Crippen LogP contribution in [0.1, 0.15) is 0 Å². The van der Waals surface area contributed by atoms with Gasteiger partial charge in [0.15, 0.2) is 17.3 Å². The lowest BCUT2D eigenvalue weighted by molar-refractivity contribution is 0.374. The van der Waals surface area contributed by atoms with Gasteiger partial charge in [-0.05, 0) is 58.4 Å². The van der Waals surface area contributed by atoms with E-state index in [1.165, 1.54) is 7.11 Å². The second kappa shape index (κ2) is 7.66. The van der Waals surface area contributed by atoms with Gasteiger partial charge in [0.05, 0.1) is 28.0 Å². The number of ether oxygens (including phenoxy) is 2. The molecule has 0 spiro atoms. The summed E-state index contributed by atoms with van der Waals surface area (Å²) in [6.45, 7) is 0. The summed E-state index contributed by atoms with van der Waals surface area (Å²) in [4.78, 5) is 9.14. The SMILES string of the molecule is COc1cccc(-c2nc(Oc3ccc(Cl)cc3Br)c3ccccc3n2)c1O. The van der Waals surface area contributed by atoms with Gasteiger partial charge in [-0.2, -0.15) is 4.98 Å². The van der Waals surface area contributed by atoms with E-state index in [0.717, 1.165) is 5.39 Å². The molecule has 5 nitrogen and oxygen atoms in total. The quantitative estimate of drug-likeness (QED) is 0.394. The third-order valence-corrected chi connectivity index (χ3v) is 4.98. The van der Waals surface area contributed by atoms with Crippen LogP contribution in [0.2, 0.25) is 5.02 Å². The number of hydrogen-bond acceptors (Lipinski definition) is 5. The van der Waals surface area contributed by atoms with Gasteiger partial charge >= 0.3 is 0 Å². The highest BCUT2D eigenvalue weighted by atomic mass is 79.9. The minimum Gasteiger partial charge on any atom is -0.504 e. The Labute approximate surface area is 174 Å². The summed E-state index contributed by atoms with van der Waals surface area (Å²) >= 11 is 9.47. The Hall–Kier alpha value is -2.83. The van der Waals surface area contributed by atoms with Crippen LogP contribution in [-0.4, -0.2) is 22.2 Å². The molecule has 3 aromatic carbocycles. The van der Waals surface area contributed by atoms with Crippen LogP contribution in [0.3, 0.4) is 0 Å². The number of nitrogens with zero attached hydrogens (tertiary/aromatic N) is 2. The molecule has 4 rings (SSSR count). The van der Waals surface area contributed by atoms with Crippen LogP contribution >= 0.6 is 27.5 Å². The third-order valence-electron chi connectivity index (χ3n) is 4.13. The maximum Gasteiger partial charge on any atom is 0.230 e. The van der Waals surface area contributed by atoms with E-state index in [9.17, 15) is 5.11 Å². The second-order valence-electron chi connectivity index (χ2n) is 5.90. The molecule has 0 aliphatic rings. The van der Waals surface area contributed by atoms with E-state index >= 15 is 0 Å². The molecule has 1 heterocycles. The maximum absolute atomic E-state index is 10.5. The van der Waals surface area contributed by atoms with Gasteiger partial charge in [-0.3, -0.25) is 0 Å². The molecule has 1 aromatic heterocycles.